The lowest BCUT2D eigenvalue weighted by Gasteiger charge is -2.37. The highest BCUT2D eigenvalue weighted by molar-refractivity contribution is 6.43. The molecule has 7 heteroatoms. The van der Waals surface area contributed by atoms with E-state index >= 15 is 0 Å². The summed E-state index contributed by atoms with van der Waals surface area (Å²) in [5.41, 5.74) is 5.86. The zero-order valence-electron chi connectivity index (χ0n) is 18.6. The van der Waals surface area contributed by atoms with E-state index in [0.29, 0.717) is 5.70 Å². The molecule has 0 spiro atoms. The first-order valence-electron chi connectivity index (χ1n) is 10.7. The Hall–Kier alpha value is -2.80. The molecule has 162 valence electrons. The Morgan fingerprint density at radius 1 is 1.27 bits per heavy atom. The van der Waals surface area contributed by atoms with E-state index in [-0.39, 0.29) is 12.3 Å². The van der Waals surface area contributed by atoms with Crippen LogP contribution in [0.1, 0.15) is 30.9 Å². The van der Waals surface area contributed by atoms with E-state index in [1.807, 2.05) is 38.9 Å². The van der Waals surface area contributed by atoms with E-state index in [1.165, 1.54) is 29.7 Å². The lowest BCUT2D eigenvalue weighted by atomic mass is 9.91. The van der Waals surface area contributed by atoms with Gasteiger partial charge in [0.25, 0.3) is 0 Å². The molecule has 0 saturated carbocycles. The fraction of sp³-hybridized carbons (Fsp3) is 0.478. The van der Waals surface area contributed by atoms with Gasteiger partial charge in [-0.25, -0.2) is 4.79 Å². The van der Waals surface area contributed by atoms with Gasteiger partial charge >= 0.3 is 5.97 Å². The zero-order valence-corrected chi connectivity index (χ0v) is 18.6. The molecule has 2 aliphatic rings. The third-order valence-corrected chi connectivity index (χ3v) is 5.61. The van der Waals surface area contributed by atoms with Gasteiger partial charge < -0.3 is 19.9 Å². The summed E-state index contributed by atoms with van der Waals surface area (Å²) in [6.07, 6.45) is 8.26. The third-order valence-electron chi connectivity index (χ3n) is 5.61. The summed E-state index contributed by atoms with van der Waals surface area (Å²) >= 11 is 0. The molecule has 0 saturated heterocycles. The molecule has 0 radical (unpaired) electrons. The topological polar surface area (TPSA) is 65.0 Å². The van der Waals surface area contributed by atoms with Gasteiger partial charge in [-0.3, -0.25) is 5.01 Å². The summed E-state index contributed by atoms with van der Waals surface area (Å²) in [4.78, 5) is 16.9. The smallest absolute Gasteiger partial charge is 0.360 e. The standard InChI is InChI=1S/C23H33N5O2/c1-6-30-23(29)21(17(2)26(4)14-11-24-3)25-27(5)20-15-18-9-7-12-28-13-8-10-19(16-20)22(18)28/h11,14-16,24H,2,6-10,12-13H2,1,3-5H3/p+1. The fourth-order valence-corrected chi connectivity index (χ4v) is 4.07. The number of benzene rings is 1. The van der Waals surface area contributed by atoms with Crippen molar-refractivity contribution < 1.29 is 14.8 Å². The largest absolute Gasteiger partial charge is 0.461 e. The number of rotatable bonds is 8. The first kappa shape index (κ1) is 21.9. The highest BCUT2D eigenvalue weighted by atomic mass is 16.5. The van der Waals surface area contributed by atoms with Gasteiger partial charge in [-0.15, -0.1) is 0 Å². The predicted molar refractivity (Wildman–Crippen MR) is 122 cm³/mol. The van der Waals surface area contributed by atoms with Crippen LogP contribution in [0.4, 0.5) is 11.4 Å². The molecule has 0 amide bonds. The van der Waals surface area contributed by atoms with Crippen LogP contribution in [0.2, 0.25) is 0 Å². The molecule has 0 aliphatic carbocycles. The van der Waals surface area contributed by atoms with Gasteiger partial charge in [-0.2, -0.15) is 5.10 Å². The second kappa shape index (κ2) is 9.80. The van der Waals surface area contributed by atoms with Crippen LogP contribution in [0.25, 0.3) is 0 Å². The second-order valence-electron chi connectivity index (χ2n) is 7.73. The van der Waals surface area contributed by atoms with Crippen molar-refractivity contribution in [1.29, 1.82) is 0 Å². The summed E-state index contributed by atoms with van der Waals surface area (Å²) in [5.74, 6) is -0.472. The lowest BCUT2D eigenvalue weighted by molar-refractivity contribution is -0.557. The van der Waals surface area contributed by atoms with Crippen LogP contribution in [-0.4, -0.2) is 57.4 Å². The molecule has 1 aromatic rings. The summed E-state index contributed by atoms with van der Waals surface area (Å²) < 4.78 is 5.25. The molecule has 0 atom stereocenters. The molecular weight excluding hydrogens is 378 g/mol. The molecule has 0 aromatic heterocycles. The second-order valence-corrected chi connectivity index (χ2v) is 7.73. The maximum Gasteiger partial charge on any atom is 0.360 e. The number of carbonyl (C=O) groups excluding carboxylic acids is 1. The molecule has 3 rings (SSSR count). The molecule has 0 unspecified atom stereocenters. The number of quaternary nitrogens is 1. The van der Waals surface area contributed by atoms with E-state index in [1.54, 1.807) is 16.8 Å². The minimum Gasteiger partial charge on any atom is -0.461 e. The van der Waals surface area contributed by atoms with Crippen LogP contribution in [0.3, 0.4) is 0 Å². The molecule has 2 aliphatic heterocycles. The normalized spacial score (nSPS) is 15.7. The average Bonchev–Trinajstić information content (AvgIpc) is 2.75. The molecule has 2 heterocycles. The van der Waals surface area contributed by atoms with E-state index in [4.69, 9.17) is 4.74 Å². The Bertz CT molecular complexity index is 830. The van der Waals surface area contributed by atoms with Crippen molar-refractivity contribution in [3.05, 3.63) is 47.9 Å². The van der Waals surface area contributed by atoms with Crippen LogP contribution in [-0.2, 0) is 22.4 Å². The Kier molecular flexibility index (Phi) is 7.15. The number of esters is 1. The summed E-state index contributed by atoms with van der Waals surface area (Å²) in [6, 6.07) is 4.42. The molecule has 0 bridgehead atoms. The van der Waals surface area contributed by atoms with Gasteiger partial charge in [0.1, 0.15) is 6.20 Å². The zero-order chi connectivity index (χ0) is 21.7. The Morgan fingerprint density at radius 2 is 1.90 bits per heavy atom. The van der Waals surface area contributed by atoms with E-state index in [0.717, 1.165) is 31.6 Å². The van der Waals surface area contributed by atoms with Gasteiger partial charge in [0, 0.05) is 32.9 Å². The number of hydrazone groups is 1. The van der Waals surface area contributed by atoms with Crippen LogP contribution in [0, 0.1) is 0 Å². The predicted octanol–water partition coefficient (Wildman–Crippen LogP) is 1.85. The van der Waals surface area contributed by atoms with Gasteiger partial charge in [0.15, 0.2) is 5.71 Å². The van der Waals surface area contributed by atoms with Crippen LogP contribution >= 0.6 is 0 Å². The van der Waals surface area contributed by atoms with Gasteiger partial charge in [-0.05, 0) is 55.9 Å². The summed E-state index contributed by atoms with van der Waals surface area (Å²) in [6.45, 7) is 8.45. The molecular formula is C23H34N5O2+. The van der Waals surface area contributed by atoms with Gasteiger partial charge in [0.05, 0.1) is 31.2 Å². The molecule has 30 heavy (non-hydrogen) atoms. The minimum atomic E-state index is -0.472. The fourth-order valence-electron chi connectivity index (χ4n) is 4.07. The number of nitrogens with two attached hydrogens (primary N) is 1. The Morgan fingerprint density at radius 3 is 2.47 bits per heavy atom. The van der Waals surface area contributed by atoms with E-state index in [2.05, 4.69) is 28.7 Å². The first-order chi connectivity index (χ1) is 14.5. The Labute approximate surface area is 179 Å². The van der Waals surface area contributed by atoms with Gasteiger partial charge in [-0.1, -0.05) is 6.58 Å². The number of ether oxygens (including phenoxy) is 1. The van der Waals surface area contributed by atoms with Crippen molar-refractivity contribution in [3.63, 3.8) is 0 Å². The van der Waals surface area contributed by atoms with Crippen molar-refractivity contribution in [3.8, 4) is 0 Å². The van der Waals surface area contributed by atoms with Crippen molar-refractivity contribution in [2.75, 3.05) is 50.7 Å². The minimum absolute atomic E-state index is 0.204. The molecule has 1 aromatic carbocycles. The van der Waals surface area contributed by atoms with Gasteiger partial charge in [0.2, 0.25) is 0 Å². The summed E-state index contributed by atoms with van der Waals surface area (Å²) in [7, 11) is 5.65. The van der Waals surface area contributed by atoms with Crippen LogP contribution in [0.5, 0.6) is 0 Å². The quantitative estimate of drug-likeness (QED) is 0.401. The van der Waals surface area contributed by atoms with Crippen molar-refractivity contribution in [2.24, 2.45) is 5.10 Å². The van der Waals surface area contributed by atoms with E-state index < -0.39 is 5.97 Å². The third kappa shape index (κ3) is 4.67. The number of carbonyl (C=O) groups is 1. The monoisotopic (exact) mass is 412 g/mol. The average molecular weight is 413 g/mol. The highest BCUT2D eigenvalue weighted by Gasteiger charge is 2.25. The highest BCUT2D eigenvalue weighted by Crippen LogP contribution is 2.38. The number of anilines is 2. The summed E-state index contributed by atoms with van der Waals surface area (Å²) in [5, 5.41) is 8.32. The van der Waals surface area contributed by atoms with Crippen LogP contribution < -0.4 is 15.2 Å². The van der Waals surface area contributed by atoms with Crippen molar-refractivity contribution in [2.45, 2.75) is 32.6 Å². The SMILES string of the molecule is C=C(C(=NN(C)c1cc2c3c(c1)CCCN3CCC2)C(=O)OCC)N(C)C=C[NH2+]C. The number of aryl methyl sites for hydroxylation is 2. The molecule has 2 N–H and O–H groups in total. The number of hydrogen-bond donors (Lipinski definition) is 1. The number of hydrogen-bond acceptors (Lipinski definition) is 6. The maximum atomic E-state index is 12.6. The van der Waals surface area contributed by atoms with Crippen molar-refractivity contribution >= 4 is 23.1 Å². The molecule has 7 nitrogen and oxygen atoms in total. The molecule has 0 fully saturated rings. The Balaban J connectivity index is 1.94. The maximum absolute atomic E-state index is 12.6. The van der Waals surface area contributed by atoms with Crippen LogP contribution in [0.15, 0.2) is 41.9 Å². The first-order valence-corrected chi connectivity index (χ1v) is 10.7. The van der Waals surface area contributed by atoms with Crippen molar-refractivity contribution in [1.82, 2.24) is 4.90 Å². The van der Waals surface area contributed by atoms with E-state index in [9.17, 15) is 4.79 Å². The lowest BCUT2D eigenvalue weighted by Crippen LogP contribution is -2.72. The number of nitrogens with zero attached hydrogens (tertiary/aromatic N) is 4.